The van der Waals surface area contributed by atoms with Gasteiger partial charge in [0, 0.05) is 5.56 Å². The number of anilines is 1. The summed E-state index contributed by atoms with van der Waals surface area (Å²) in [6, 6.07) is 19.6. The van der Waals surface area contributed by atoms with Crippen LogP contribution in [0.3, 0.4) is 0 Å². The van der Waals surface area contributed by atoms with Crippen molar-refractivity contribution >= 4 is 57.0 Å². The summed E-state index contributed by atoms with van der Waals surface area (Å²) < 4.78 is 20.0. The molecule has 0 spiro atoms. The maximum atomic E-state index is 14.2. The number of fused-ring (bicyclic) bond motifs is 1. The number of benzene rings is 3. The number of carbonyl (C=O) groups excluding carboxylic acids is 2. The first-order valence-electron chi connectivity index (χ1n) is 9.72. The van der Waals surface area contributed by atoms with E-state index in [-0.39, 0.29) is 21.8 Å². The van der Waals surface area contributed by atoms with Gasteiger partial charge < -0.3 is 4.74 Å². The van der Waals surface area contributed by atoms with Gasteiger partial charge in [0.2, 0.25) is 11.1 Å². The summed E-state index contributed by atoms with van der Waals surface area (Å²) in [7, 11) is 0. The lowest BCUT2D eigenvalue weighted by molar-refractivity contribution is -0.113. The molecule has 0 N–H and O–H groups in total. The van der Waals surface area contributed by atoms with Crippen LogP contribution in [-0.4, -0.2) is 21.1 Å². The summed E-state index contributed by atoms with van der Waals surface area (Å²) in [6.07, 6.45) is 2.49. The molecule has 1 aliphatic rings. The average Bonchev–Trinajstić information content (AvgIpc) is 3.11. The lowest BCUT2D eigenvalue weighted by atomic mass is 10.0. The van der Waals surface area contributed by atoms with Crippen molar-refractivity contribution in [1.82, 2.24) is 9.97 Å². The van der Waals surface area contributed by atoms with Crippen molar-refractivity contribution in [3.05, 3.63) is 94.5 Å². The number of rotatable bonds is 4. The van der Waals surface area contributed by atoms with Gasteiger partial charge >= 0.3 is 0 Å². The summed E-state index contributed by atoms with van der Waals surface area (Å²) in [6.45, 7) is 0. The van der Waals surface area contributed by atoms with Gasteiger partial charge in [0.25, 0.3) is 17.0 Å². The first-order valence-corrected chi connectivity index (χ1v) is 10.9. The zero-order chi connectivity index (χ0) is 22.9. The van der Waals surface area contributed by atoms with Crippen molar-refractivity contribution in [1.29, 1.82) is 0 Å². The predicted octanol–water partition coefficient (Wildman–Crippen LogP) is 6.46. The van der Waals surface area contributed by atoms with E-state index in [1.165, 1.54) is 0 Å². The molecule has 3 aromatic carbocycles. The minimum absolute atomic E-state index is 0.169. The van der Waals surface area contributed by atoms with Crippen molar-refractivity contribution in [2.45, 2.75) is 0 Å². The van der Waals surface area contributed by atoms with E-state index in [0.717, 1.165) is 33.6 Å². The second kappa shape index (κ2) is 8.65. The van der Waals surface area contributed by atoms with Gasteiger partial charge in [0.05, 0.1) is 16.8 Å². The number of amides is 2. The largest absolute Gasteiger partial charge is 0.436 e. The Labute approximate surface area is 196 Å². The zero-order valence-electron chi connectivity index (χ0n) is 16.7. The molecular formula is C24H13ClFN3O3S. The van der Waals surface area contributed by atoms with Crippen LogP contribution in [0, 0.1) is 5.82 Å². The third-order valence-electron chi connectivity index (χ3n) is 4.90. The molecule has 0 aliphatic carbocycles. The summed E-state index contributed by atoms with van der Waals surface area (Å²) in [5, 5.41) is 1.05. The Balaban J connectivity index is 1.62. The van der Waals surface area contributed by atoms with Crippen LogP contribution >= 0.6 is 23.4 Å². The van der Waals surface area contributed by atoms with Crippen LogP contribution in [0.4, 0.5) is 14.9 Å². The standard InChI is InChI=1S/C24H13ClFN3O3S/c25-23-27-13-18(26)21(28-23)32-19-11-10-14-6-4-5-9-16(14)17(19)12-20-22(30)29(24(31)33-20)15-7-2-1-3-8-15/h1-13H/b20-12-. The maximum Gasteiger partial charge on any atom is 0.298 e. The Morgan fingerprint density at radius 1 is 1.00 bits per heavy atom. The van der Waals surface area contributed by atoms with E-state index in [1.807, 2.05) is 24.3 Å². The summed E-state index contributed by atoms with van der Waals surface area (Å²) in [5.74, 6) is -1.35. The Bertz CT molecular complexity index is 1450. The number of thioether (sulfide) groups is 1. The quantitative estimate of drug-likeness (QED) is 0.248. The molecule has 4 aromatic rings. The van der Waals surface area contributed by atoms with E-state index < -0.39 is 17.0 Å². The van der Waals surface area contributed by atoms with Crippen LogP contribution in [0.15, 0.2) is 77.8 Å². The van der Waals surface area contributed by atoms with Crippen molar-refractivity contribution in [2.24, 2.45) is 0 Å². The summed E-state index contributed by atoms with van der Waals surface area (Å²) in [5.41, 5.74) is 0.983. The molecule has 1 saturated heterocycles. The zero-order valence-corrected chi connectivity index (χ0v) is 18.3. The third-order valence-corrected chi connectivity index (χ3v) is 5.96. The van der Waals surface area contributed by atoms with Crippen molar-refractivity contribution < 1.29 is 18.7 Å². The fourth-order valence-corrected chi connectivity index (χ4v) is 4.37. The molecule has 2 amide bonds. The highest BCUT2D eigenvalue weighted by molar-refractivity contribution is 8.19. The number of para-hydroxylation sites is 1. The first kappa shape index (κ1) is 21.1. The van der Waals surface area contributed by atoms with Gasteiger partial charge in [0.1, 0.15) is 5.75 Å². The van der Waals surface area contributed by atoms with Gasteiger partial charge in [-0.3, -0.25) is 9.59 Å². The second-order valence-electron chi connectivity index (χ2n) is 6.95. The predicted molar refractivity (Wildman–Crippen MR) is 126 cm³/mol. The van der Waals surface area contributed by atoms with E-state index in [1.54, 1.807) is 48.5 Å². The average molecular weight is 478 g/mol. The van der Waals surface area contributed by atoms with Gasteiger partial charge in [-0.15, -0.1) is 0 Å². The van der Waals surface area contributed by atoms with Crippen LogP contribution in [0.2, 0.25) is 5.28 Å². The van der Waals surface area contributed by atoms with Crippen LogP contribution in [0.1, 0.15) is 5.56 Å². The smallest absolute Gasteiger partial charge is 0.298 e. The number of imide groups is 1. The van der Waals surface area contributed by atoms with Gasteiger partial charge in [-0.25, -0.2) is 9.88 Å². The minimum atomic E-state index is -0.789. The number of hydrogen-bond donors (Lipinski definition) is 0. The Morgan fingerprint density at radius 3 is 2.58 bits per heavy atom. The highest BCUT2D eigenvalue weighted by Crippen LogP contribution is 2.39. The lowest BCUT2D eigenvalue weighted by Crippen LogP contribution is -2.27. The van der Waals surface area contributed by atoms with Crippen molar-refractivity contribution in [3.8, 4) is 11.6 Å². The lowest BCUT2D eigenvalue weighted by Gasteiger charge is -2.13. The molecule has 1 fully saturated rings. The normalized spacial score (nSPS) is 15.0. The molecule has 33 heavy (non-hydrogen) atoms. The molecule has 1 aliphatic heterocycles. The van der Waals surface area contributed by atoms with Crippen LogP contribution in [0.25, 0.3) is 16.8 Å². The van der Waals surface area contributed by atoms with Crippen molar-refractivity contribution in [2.75, 3.05) is 4.90 Å². The van der Waals surface area contributed by atoms with E-state index in [2.05, 4.69) is 9.97 Å². The van der Waals surface area contributed by atoms with Crippen LogP contribution < -0.4 is 9.64 Å². The minimum Gasteiger partial charge on any atom is -0.436 e. The summed E-state index contributed by atoms with van der Waals surface area (Å²) in [4.78, 5) is 34.4. The molecule has 2 heterocycles. The fourth-order valence-electron chi connectivity index (χ4n) is 3.42. The van der Waals surface area contributed by atoms with Crippen LogP contribution in [-0.2, 0) is 4.79 Å². The molecule has 9 heteroatoms. The molecule has 0 saturated carbocycles. The van der Waals surface area contributed by atoms with Gasteiger partial charge in [-0.1, -0.05) is 48.5 Å². The number of hydrogen-bond acceptors (Lipinski definition) is 6. The fraction of sp³-hybridized carbons (Fsp3) is 0. The van der Waals surface area contributed by atoms with Crippen molar-refractivity contribution in [3.63, 3.8) is 0 Å². The SMILES string of the molecule is O=C1S/C(=C\c2c(Oc3nc(Cl)ncc3F)ccc3ccccc23)C(=O)N1c1ccccc1. The second-order valence-corrected chi connectivity index (χ2v) is 8.28. The molecule has 0 radical (unpaired) electrons. The highest BCUT2D eigenvalue weighted by Gasteiger charge is 2.36. The molecule has 5 rings (SSSR count). The molecule has 0 bridgehead atoms. The molecule has 0 unspecified atom stereocenters. The van der Waals surface area contributed by atoms with E-state index in [0.29, 0.717) is 11.3 Å². The van der Waals surface area contributed by atoms with Gasteiger partial charge in [0.15, 0.2) is 0 Å². The topological polar surface area (TPSA) is 72.4 Å². The molecular weight excluding hydrogens is 465 g/mol. The Morgan fingerprint density at radius 2 is 1.76 bits per heavy atom. The van der Waals surface area contributed by atoms with E-state index in [9.17, 15) is 14.0 Å². The maximum absolute atomic E-state index is 14.2. The first-order chi connectivity index (χ1) is 16.0. The molecule has 162 valence electrons. The van der Waals surface area contributed by atoms with E-state index in [4.69, 9.17) is 16.3 Å². The number of halogens is 2. The molecule has 0 atom stereocenters. The Hall–Kier alpha value is -3.75. The number of carbonyl (C=O) groups is 2. The van der Waals surface area contributed by atoms with E-state index >= 15 is 0 Å². The molecule has 6 nitrogen and oxygen atoms in total. The summed E-state index contributed by atoms with van der Waals surface area (Å²) >= 11 is 6.62. The van der Waals surface area contributed by atoms with Gasteiger partial charge in [-0.2, -0.15) is 9.37 Å². The van der Waals surface area contributed by atoms with Crippen LogP contribution in [0.5, 0.6) is 11.6 Å². The third kappa shape index (κ3) is 4.06. The Kier molecular flexibility index (Phi) is 5.53. The monoisotopic (exact) mass is 477 g/mol. The van der Waals surface area contributed by atoms with Gasteiger partial charge in [-0.05, 0) is 58.4 Å². The number of nitrogens with zero attached hydrogens (tertiary/aromatic N) is 3. The highest BCUT2D eigenvalue weighted by atomic mass is 35.5. The number of ether oxygens (including phenoxy) is 1. The number of aromatic nitrogens is 2. The molecule has 1 aromatic heterocycles.